The molecule has 0 saturated carbocycles. The highest BCUT2D eigenvalue weighted by Gasteiger charge is 2.56. The molecule has 1 amide bonds. The minimum atomic E-state index is -4.96. The van der Waals surface area contributed by atoms with Crippen LogP contribution >= 0.6 is 0 Å². The van der Waals surface area contributed by atoms with E-state index in [0.29, 0.717) is 19.4 Å². The Morgan fingerprint density at radius 2 is 1.96 bits per heavy atom. The average Bonchev–Trinajstić information content (AvgIpc) is 2.45. The van der Waals surface area contributed by atoms with Crippen LogP contribution in [-0.4, -0.2) is 35.4 Å². The van der Waals surface area contributed by atoms with Crippen molar-refractivity contribution in [2.24, 2.45) is 0 Å². The van der Waals surface area contributed by atoms with E-state index in [1.54, 1.807) is 6.07 Å². The van der Waals surface area contributed by atoms with Crippen molar-refractivity contribution in [3.05, 3.63) is 35.9 Å². The molecule has 0 aromatic heterocycles. The Hall–Kier alpha value is -1.60. The molecule has 1 fully saturated rings. The van der Waals surface area contributed by atoms with Crippen LogP contribution in [0.1, 0.15) is 38.7 Å². The number of hydrogen-bond acceptors (Lipinski definition) is 3. The maximum Gasteiger partial charge on any atom is 0.421 e. The highest BCUT2D eigenvalue weighted by Crippen LogP contribution is 2.41. The van der Waals surface area contributed by atoms with Crippen LogP contribution in [0.2, 0.25) is 0 Å². The predicted molar refractivity (Wildman–Crippen MR) is 82.2 cm³/mol. The third-order valence-corrected chi connectivity index (χ3v) is 4.20. The van der Waals surface area contributed by atoms with Gasteiger partial charge in [0.05, 0.1) is 12.0 Å². The van der Waals surface area contributed by atoms with Gasteiger partial charge in [-0.2, -0.15) is 13.2 Å². The second-order valence-corrected chi connectivity index (χ2v) is 6.77. The summed E-state index contributed by atoms with van der Waals surface area (Å²) in [5, 5.41) is 12.8. The van der Waals surface area contributed by atoms with Gasteiger partial charge < -0.3 is 15.2 Å². The Morgan fingerprint density at radius 3 is 2.50 bits per heavy atom. The van der Waals surface area contributed by atoms with Gasteiger partial charge in [-0.3, -0.25) is 4.79 Å². The summed E-state index contributed by atoms with van der Waals surface area (Å²) in [6, 6.07) is 6.39. The van der Waals surface area contributed by atoms with Crippen LogP contribution in [0.5, 0.6) is 0 Å². The number of rotatable bonds is 4. The summed E-state index contributed by atoms with van der Waals surface area (Å²) in [4.78, 5) is 12.1. The SMILES string of the molecule is CC1(C)C[C@@H](NC(=O)C[C@](O)(c2ccccc2)C(F)(F)F)CCO1. The normalized spacial score (nSPS) is 23.3. The maximum atomic E-state index is 13.4. The zero-order valence-electron chi connectivity index (χ0n) is 13.7. The number of hydrogen-bond donors (Lipinski definition) is 2. The van der Waals surface area contributed by atoms with Crippen LogP contribution in [-0.2, 0) is 15.1 Å². The van der Waals surface area contributed by atoms with Gasteiger partial charge in [0.2, 0.25) is 5.91 Å². The molecule has 7 heteroatoms. The summed E-state index contributed by atoms with van der Waals surface area (Å²) in [6.45, 7) is 4.16. The van der Waals surface area contributed by atoms with Gasteiger partial charge in [0.15, 0.2) is 5.60 Å². The fourth-order valence-electron chi connectivity index (χ4n) is 2.95. The lowest BCUT2D eigenvalue weighted by molar-refractivity contribution is -0.267. The highest BCUT2D eigenvalue weighted by atomic mass is 19.4. The first kappa shape index (κ1) is 18.7. The predicted octanol–water partition coefficient (Wildman–Crippen LogP) is 2.90. The second kappa shape index (κ2) is 6.72. The zero-order valence-corrected chi connectivity index (χ0v) is 13.7. The lowest BCUT2D eigenvalue weighted by atomic mass is 9.88. The summed E-state index contributed by atoms with van der Waals surface area (Å²) in [5.41, 5.74) is -3.99. The monoisotopic (exact) mass is 345 g/mol. The molecular formula is C17H22F3NO3. The van der Waals surface area contributed by atoms with Crippen molar-refractivity contribution in [2.45, 2.75) is 56.5 Å². The first-order chi connectivity index (χ1) is 11.0. The molecule has 0 bridgehead atoms. The van der Waals surface area contributed by atoms with Crippen molar-refractivity contribution in [3.63, 3.8) is 0 Å². The molecule has 4 nitrogen and oxygen atoms in total. The van der Waals surface area contributed by atoms with E-state index in [0.717, 1.165) is 0 Å². The number of carbonyl (C=O) groups is 1. The van der Waals surface area contributed by atoms with E-state index in [-0.39, 0.29) is 11.6 Å². The Bertz CT molecular complexity index is 574. The van der Waals surface area contributed by atoms with Crippen molar-refractivity contribution in [1.29, 1.82) is 0 Å². The number of alkyl halides is 3. The van der Waals surface area contributed by atoms with E-state index in [9.17, 15) is 23.1 Å². The standard InChI is InChI=1S/C17H22F3NO3/c1-15(2)10-13(8-9-24-15)21-14(22)11-16(23,17(18,19)20)12-6-4-3-5-7-12/h3-7,13,23H,8-11H2,1-2H3,(H,21,22)/t13-,16-/m0/s1. The quantitative estimate of drug-likeness (QED) is 0.882. The van der Waals surface area contributed by atoms with E-state index in [2.05, 4.69) is 5.32 Å². The molecule has 24 heavy (non-hydrogen) atoms. The molecule has 2 atom stereocenters. The van der Waals surface area contributed by atoms with E-state index in [4.69, 9.17) is 4.74 Å². The fraction of sp³-hybridized carbons (Fsp3) is 0.588. The van der Waals surface area contributed by atoms with Crippen molar-refractivity contribution in [3.8, 4) is 0 Å². The summed E-state index contributed by atoms with van der Waals surface area (Å²) in [7, 11) is 0. The van der Waals surface area contributed by atoms with Gasteiger partial charge in [0.25, 0.3) is 0 Å². The number of benzene rings is 1. The van der Waals surface area contributed by atoms with E-state index in [1.165, 1.54) is 24.3 Å². The summed E-state index contributed by atoms with van der Waals surface area (Å²) in [6.07, 6.45) is -4.99. The number of amides is 1. The van der Waals surface area contributed by atoms with Gasteiger partial charge in [-0.1, -0.05) is 30.3 Å². The molecule has 1 aliphatic rings. The van der Waals surface area contributed by atoms with Gasteiger partial charge in [-0.25, -0.2) is 0 Å². The van der Waals surface area contributed by atoms with Gasteiger partial charge in [-0.05, 0) is 32.3 Å². The molecule has 134 valence electrons. The van der Waals surface area contributed by atoms with E-state index < -0.39 is 29.7 Å². The molecule has 1 saturated heterocycles. The third kappa shape index (κ3) is 4.27. The molecule has 0 aliphatic carbocycles. The van der Waals surface area contributed by atoms with Crippen molar-refractivity contribution < 1.29 is 27.8 Å². The molecule has 1 aliphatic heterocycles. The molecule has 2 rings (SSSR count). The fourth-order valence-corrected chi connectivity index (χ4v) is 2.95. The minimum Gasteiger partial charge on any atom is -0.376 e. The Labute approximate surface area is 139 Å². The molecule has 2 N–H and O–H groups in total. The highest BCUT2D eigenvalue weighted by molar-refractivity contribution is 5.77. The van der Waals surface area contributed by atoms with Gasteiger partial charge in [-0.15, -0.1) is 0 Å². The second-order valence-electron chi connectivity index (χ2n) is 6.77. The molecule has 1 aromatic rings. The molecule has 1 heterocycles. The largest absolute Gasteiger partial charge is 0.421 e. The number of carbonyl (C=O) groups excluding carboxylic acids is 1. The zero-order chi connectivity index (χ0) is 18.0. The lowest BCUT2D eigenvalue weighted by Gasteiger charge is -2.36. The van der Waals surface area contributed by atoms with Crippen LogP contribution in [0.3, 0.4) is 0 Å². The summed E-state index contributed by atoms with van der Waals surface area (Å²) in [5.74, 6) is -0.832. The van der Waals surface area contributed by atoms with Crippen LogP contribution < -0.4 is 5.32 Å². The van der Waals surface area contributed by atoms with Crippen molar-refractivity contribution >= 4 is 5.91 Å². The van der Waals surface area contributed by atoms with Gasteiger partial charge in [0.1, 0.15) is 0 Å². The summed E-state index contributed by atoms with van der Waals surface area (Å²) >= 11 is 0. The smallest absolute Gasteiger partial charge is 0.376 e. The Kier molecular flexibility index (Phi) is 5.25. The van der Waals surface area contributed by atoms with Crippen LogP contribution in [0.25, 0.3) is 0 Å². The van der Waals surface area contributed by atoms with E-state index in [1.807, 2.05) is 13.8 Å². The summed E-state index contributed by atoms with van der Waals surface area (Å²) < 4.78 is 45.7. The Morgan fingerprint density at radius 1 is 1.33 bits per heavy atom. The van der Waals surface area contributed by atoms with Crippen LogP contribution in [0.4, 0.5) is 13.2 Å². The van der Waals surface area contributed by atoms with Crippen LogP contribution in [0.15, 0.2) is 30.3 Å². The third-order valence-electron chi connectivity index (χ3n) is 4.20. The topological polar surface area (TPSA) is 58.6 Å². The number of ether oxygens (including phenoxy) is 1. The molecular weight excluding hydrogens is 323 g/mol. The maximum absolute atomic E-state index is 13.4. The lowest BCUT2D eigenvalue weighted by Crippen LogP contribution is -2.50. The first-order valence-electron chi connectivity index (χ1n) is 7.81. The van der Waals surface area contributed by atoms with Gasteiger partial charge in [0, 0.05) is 12.6 Å². The van der Waals surface area contributed by atoms with Crippen molar-refractivity contribution in [1.82, 2.24) is 5.32 Å². The van der Waals surface area contributed by atoms with Gasteiger partial charge >= 0.3 is 6.18 Å². The van der Waals surface area contributed by atoms with E-state index >= 15 is 0 Å². The van der Waals surface area contributed by atoms with Crippen molar-refractivity contribution in [2.75, 3.05) is 6.61 Å². The molecule has 0 unspecified atom stereocenters. The first-order valence-corrected chi connectivity index (χ1v) is 7.81. The molecule has 0 spiro atoms. The Balaban J connectivity index is 2.11. The molecule has 1 aromatic carbocycles. The van der Waals surface area contributed by atoms with Crippen LogP contribution in [0, 0.1) is 0 Å². The average molecular weight is 345 g/mol. The minimum absolute atomic E-state index is 0.269. The number of halogens is 3. The molecule has 0 radical (unpaired) electrons. The number of nitrogens with one attached hydrogen (secondary N) is 1. The number of aliphatic hydroxyl groups is 1.